The van der Waals surface area contributed by atoms with E-state index in [0.717, 1.165) is 0 Å². The molecule has 2 rings (SSSR count). The Morgan fingerprint density at radius 1 is 1.04 bits per heavy atom. The Morgan fingerprint density at radius 3 is 2.38 bits per heavy atom. The average Bonchev–Trinajstić information content (AvgIpc) is 2.64. The van der Waals surface area contributed by atoms with Gasteiger partial charge in [0.05, 0.1) is 27.0 Å². The van der Waals surface area contributed by atoms with Crippen molar-refractivity contribution in [3.05, 3.63) is 47.8 Å². The highest BCUT2D eigenvalue weighted by molar-refractivity contribution is 6.03. The van der Waals surface area contributed by atoms with Crippen LogP contribution < -0.4 is 19.6 Å². The van der Waals surface area contributed by atoms with Crippen molar-refractivity contribution < 1.29 is 19.0 Å². The smallest absolute Gasteiger partial charge is 0.289 e. The highest BCUT2D eigenvalue weighted by Crippen LogP contribution is 2.39. The van der Waals surface area contributed by atoms with Crippen LogP contribution in [0, 0.1) is 0 Å². The van der Waals surface area contributed by atoms with Gasteiger partial charge in [-0.2, -0.15) is 5.10 Å². The number of nitrogens with one attached hydrogen (secondary N) is 1. The van der Waals surface area contributed by atoms with E-state index in [2.05, 4.69) is 15.5 Å². The van der Waals surface area contributed by atoms with Gasteiger partial charge in [-0.05, 0) is 31.2 Å². The van der Waals surface area contributed by atoms with Crippen molar-refractivity contribution in [3.63, 3.8) is 0 Å². The van der Waals surface area contributed by atoms with Gasteiger partial charge in [0.2, 0.25) is 5.75 Å². The number of hydrazone groups is 1. The maximum absolute atomic E-state index is 12.0. The summed E-state index contributed by atoms with van der Waals surface area (Å²) in [5.41, 5.74) is 3.99. The number of benzene rings is 1. The molecule has 24 heavy (non-hydrogen) atoms. The van der Waals surface area contributed by atoms with Crippen LogP contribution in [0.2, 0.25) is 0 Å². The molecule has 0 saturated heterocycles. The summed E-state index contributed by atoms with van der Waals surface area (Å²) >= 11 is 0. The van der Waals surface area contributed by atoms with Gasteiger partial charge < -0.3 is 14.2 Å². The van der Waals surface area contributed by atoms with Crippen LogP contribution in [0.4, 0.5) is 0 Å². The molecule has 2 aromatic rings. The van der Waals surface area contributed by atoms with Gasteiger partial charge in [0, 0.05) is 11.8 Å². The third kappa shape index (κ3) is 3.62. The molecule has 0 aliphatic carbocycles. The van der Waals surface area contributed by atoms with Crippen molar-refractivity contribution in [2.75, 3.05) is 21.3 Å². The molecule has 1 aromatic heterocycles. The SMILES string of the molecule is COc1ccc(/C(C)=N\NC(=O)c2ccccn2)c(OC)c1OC. The largest absolute Gasteiger partial charge is 0.493 e. The van der Waals surface area contributed by atoms with Crippen molar-refractivity contribution in [1.82, 2.24) is 10.4 Å². The summed E-state index contributed by atoms with van der Waals surface area (Å²) in [7, 11) is 4.60. The Morgan fingerprint density at radius 2 is 1.79 bits per heavy atom. The van der Waals surface area contributed by atoms with Crippen LogP contribution in [0.5, 0.6) is 17.2 Å². The van der Waals surface area contributed by atoms with Crippen molar-refractivity contribution in [2.45, 2.75) is 6.92 Å². The van der Waals surface area contributed by atoms with E-state index >= 15 is 0 Å². The molecule has 0 aliphatic heterocycles. The van der Waals surface area contributed by atoms with E-state index in [9.17, 15) is 4.79 Å². The lowest BCUT2D eigenvalue weighted by atomic mass is 10.1. The van der Waals surface area contributed by atoms with Crippen molar-refractivity contribution in [2.24, 2.45) is 5.10 Å². The molecule has 0 fully saturated rings. The highest BCUT2D eigenvalue weighted by Gasteiger charge is 2.17. The molecular weight excluding hydrogens is 310 g/mol. The van der Waals surface area contributed by atoms with Gasteiger partial charge >= 0.3 is 0 Å². The van der Waals surface area contributed by atoms with Gasteiger partial charge in [-0.3, -0.25) is 9.78 Å². The van der Waals surface area contributed by atoms with Crippen molar-refractivity contribution >= 4 is 11.6 Å². The third-order valence-electron chi connectivity index (χ3n) is 3.32. The molecule has 0 spiro atoms. The zero-order valence-electron chi connectivity index (χ0n) is 14.0. The number of amides is 1. The van der Waals surface area contributed by atoms with Gasteiger partial charge in [0.1, 0.15) is 5.69 Å². The number of hydrogen-bond donors (Lipinski definition) is 1. The number of carbonyl (C=O) groups is 1. The fourth-order valence-electron chi connectivity index (χ4n) is 2.14. The zero-order chi connectivity index (χ0) is 17.5. The monoisotopic (exact) mass is 329 g/mol. The van der Waals surface area contributed by atoms with Crippen LogP contribution in [0.3, 0.4) is 0 Å². The van der Waals surface area contributed by atoms with E-state index in [-0.39, 0.29) is 5.69 Å². The topological polar surface area (TPSA) is 82.0 Å². The number of methoxy groups -OCH3 is 3. The molecule has 1 heterocycles. The molecule has 0 bridgehead atoms. The number of ether oxygens (including phenoxy) is 3. The van der Waals surface area contributed by atoms with Crippen molar-refractivity contribution in [1.29, 1.82) is 0 Å². The molecule has 1 amide bonds. The summed E-state index contributed by atoms with van der Waals surface area (Å²) in [4.78, 5) is 16.0. The van der Waals surface area contributed by atoms with Crippen LogP contribution in [-0.4, -0.2) is 37.9 Å². The van der Waals surface area contributed by atoms with E-state index in [1.54, 1.807) is 50.6 Å². The Hall–Kier alpha value is -3.09. The Bertz CT molecular complexity index is 745. The first-order valence-corrected chi connectivity index (χ1v) is 7.17. The second-order valence-corrected chi connectivity index (χ2v) is 4.73. The lowest BCUT2D eigenvalue weighted by Gasteiger charge is -2.15. The number of hydrogen-bond acceptors (Lipinski definition) is 6. The van der Waals surface area contributed by atoms with Gasteiger partial charge in [0.25, 0.3) is 5.91 Å². The molecule has 0 saturated carbocycles. The summed E-state index contributed by atoms with van der Waals surface area (Å²) in [6, 6.07) is 8.61. The van der Waals surface area contributed by atoms with Gasteiger partial charge in [-0.25, -0.2) is 5.43 Å². The summed E-state index contributed by atoms with van der Waals surface area (Å²) in [5, 5.41) is 4.11. The standard InChI is InChI=1S/C17H19N3O4/c1-11(19-20-17(21)13-7-5-6-10-18-13)12-8-9-14(22-2)16(24-4)15(12)23-3/h5-10H,1-4H3,(H,20,21)/b19-11-. The van der Waals surface area contributed by atoms with Crippen LogP contribution in [0.25, 0.3) is 0 Å². The fraction of sp³-hybridized carbons (Fsp3) is 0.235. The van der Waals surface area contributed by atoms with Crippen LogP contribution in [0.15, 0.2) is 41.6 Å². The highest BCUT2D eigenvalue weighted by atomic mass is 16.5. The molecule has 1 aromatic carbocycles. The summed E-state index contributed by atoms with van der Waals surface area (Å²) in [5.74, 6) is 1.09. The van der Waals surface area contributed by atoms with E-state index in [4.69, 9.17) is 14.2 Å². The van der Waals surface area contributed by atoms with E-state index in [0.29, 0.717) is 28.5 Å². The Labute approximate surface area is 140 Å². The minimum Gasteiger partial charge on any atom is -0.493 e. The Balaban J connectivity index is 2.29. The third-order valence-corrected chi connectivity index (χ3v) is 3.32. The number of rotatable bonds is 6. The van der Waals surface area contributed by atoms with Crippen molar-refractivity contribution in [3.8, 4) is 17.2 Å². The van der Waals surface area contributed by atoms with Gasteiger partial charge in [0.15, 0.2) is 11.5 Å². The molecule has 0 radical (unpaired) electrons. The van der Waals surface area contributed by atoms with E-state index < -0.39 is 5.91 Å². The molecule has 0 unspecified atom stereocenters. The number of pyridine rings is 1. The molecule has 0 atom stereocenters. The number of aromatic nitrogens is 1. The normalized spacial score (nSPS) is 10.9. The van der Waals surface area contributed by atoms with E-state index in [1.165, 1.54) is 14.2 Å². The summed E-state index contributed by atoms with van der Waals surface area (Å²) < 4.78 is 16.0. The first-order chi connectivity index (χ1) is 11.6. The first kappa shape index (κ1) is 17.3. The molecule has 7 nitrogen and oxygen atoms in total. The minimum absolute atomic E-state index is 0.285. The van der Waals surface area contributed by atoms with Gasteiger partial charge in [-0.15, -0.1) is 0 Å². The Kier molecular flexibility index (Phi) is 5.73. The minimum atomic E-state index is -0.394. The van der Waals surface area contributed by atoms with Crippen LogP contribution in [-0.2, 0) is 0 Å². The predicted octanol–water partition coefficient (Wildman–Crippen LogP) is 2.26. The molecule has 0 aliphatic rings. The predicted molar refractivity (Wildman–Crippen MR) is 90.0 cm³/mol. The fourth-order valence-corrected chi connectivity index (χ4v) is 2.14. The molecule has 7 heteroatoms. The summed E-state index contributed by atoms with van der Waals surface area (Å²) in [6.07, 6.45) is 1.54. The maximum atomic E-state index is 12.0. The molecule has 126 valence electrons. The lowest BCUT2D eigenvalue weighted by molar-refractivity contribution is 0.0950. The lowest BCUT2D eigenvalue weighted by Crippen LogP contribution is -2.20. The second-order valence-electron chi connectivity index (χ2n) is 4.73. The number of carbonyl (C=O) groups excluding carboxylic acids is 1. The quantitative estimate of drug-likeness (QED) is 0.649. The first-order valence-electron chi connectivity index (χ1n) is 7.17. The van der Waals surface area contributed by atoms with Crippen LogP contribution in [0.1, 0.15) is 23.0 Å². The average molecular weight is 329 g/mol. The van der Waals surface area contributed by atoms with E-state index in [1.807, 2.05) is 0 Å². The van der Waals surface area contributed by atoms with Gasteiger partial charge in [-0.1, -0.05) is 6.07 Å². The van der Waals surface area contributed by atoms with Crippen LogP contribution >= 0.6 is 0 Å². The second kappa shape index (κ2) is 7.96. The maximum Gasteiger partial charge on any atom is 0.289 e. The number of nitrogens with zero attached hydrogens (tertiary/aromatic N) is 2. The zero-order valence-corrected chi connectivity index (χ0v) is 14.0. The summed E-state index contributed by atoms with van der Waals surface area (Å²) in [6.45, 7) is 1.75. The molecule has 1 N–H and O–H groups in total. The molecular formula is C17H19N3O4.